The van der Waals surface area contributed by atoms with Crippen molar-refractivity contribution >= 4 is 30.6 Å². The highest BCUT2D eigenvalue weighted by Gasteiger charge is 2.22. The van der Waals surface area contributed by atoms with Crippen LogP contribution < -0.4 is 0 Å². The smallest absolute Gasteiger partial charge is 0.0973 e. The molecule has 1 aliphatic rings. The molecule has 3 unspecified atom stereocenters. The lowest BCUT2D eigenvalue weighted by Gasteiger charge is -2.20. The number of allylic oxidation sites excluding steroid dienone is 4. The standard InChI is InChI=1S/C55H46N3P/c1-38-30-32-44(33-31-38)53-54(58-52(43-23-11-5-12-24-43)51(57-53)42-21-9-4-10-22-42)47-28-17-27-46(36-47)50-48(35-34-41-20-15-16-29-49(41)50)39(2)56-55(45-25-13-6-14-26-45)59-37-40-18-7-3-8-19-40/h3-30,32-36,38,55,59H,31,37H2,1-2H3/b56-39+. The summed E-state index contributed by atoms with van der Waals surface area (Å²) >= 11 is 0. The number of nitrogens with zero attached hydrogens (tertiary/aromatic N) is 3. The number of hydrogen-bond acceptors (Lipinski definition) is 3. The zero-order valence-electron chi connectivity index (χ0n) is 33.5. The van der Waals surface area contributed by atoms with Gasteiger partial charge in [0.15, 0.2) is 0 Å². The van der Waals surface area contributed by atoms with Gasteiger partial charge in [0.25, 0.3) is 0 Å². The molecule has 1 aliphatic carbocycles. The van der Waals surface area contributed by atoms with Crippen LogP contribution in [0.4, 0.5) is 0 Å². The molecule has 0 spiro atoms. The monoisotopic (exact) mass is 779 g/mol. The molecule has 1 heterocycles. The summed E-state index contributed by atoms with van der Waals surface area (Å²) in [5.41, 5.74) is 14.7. The van der Waals surface area contributed by atoms with E-state index < -0.39 is 0 Å². The molecule has 7 aromatic carbocycles. The molecule has 0 N–H and O–H groups in total. The fourth-order valence-corrected chi connectivity index (χ4v) is 9.37. The Labute approximate surface area is 349 Å². The van der Waals surface area contributed by atoms with Gasteiger partial charge in [-0.15, -0.1) is 0 Å². The molecule has 8 aromatic rings. The molecule has 0 aliphatic heterocycles. The molecule has 4 heteroatoms. The third-order valence-electron chi connectivity index (χ3n) is 11.1. The van der Waals surface area contributed by atoms with Gasteiger partial charge in [0, 0.05) is 28.0 Å². The van der Waals surface area contributed by atoms with Crippen molar-refractivity contribution in [1.82, 2.24) is 9.97 Å². The Morgan fingerprint density at radius 2 is 1.19 bits per heavy atom. The second-order valence-electron chi connectivity index (χ2n) is 15.3. The van der Waals surface area contributed by atoms with Crippen molar-refractivity contribution in [2.45, 2.75) is 32.2 Å². The third-order valence-corrected chi connectivity index (χ3v) is 12.6. The molecule has 0 saturated heterocycles. The maximum atomic E-state index is 5.60. The molecule has 0 radical (unpaired) electrons. The third kappa shape index (κ3) is 8.39. The average molecular weight is 780 g/mol. The van der Waals surface area contributed by atoms with Crippen molar-refractivity contribution in [3.05, 3.63) is 223 Å². The summed E-state index contributed by atoms with van der Waals surface area (Å²) in [4.78, 5) is 16.7. The minimum atomic E-state index is 0.0407. The number of fused-ring (bicyclic) bond motifs is 1. The first-order chi connectivity index (χ1) is 29.1. The largest absolute Gasteiger partial charge is 0.277 e. The van der Waals surface area contributed by atoms with Gasteiger partial charge in [-0.25, -0.2) is 9.97 Å². The first-order valence-corrected chi connectivity index (χ1v) is 21.8. The van der Waals surface area contributed by atoms with E-state index in [0.29, 0.717) is 14.5 Å². The van der Waals surface area contributed by atoms with Crippen LogP contribution >= 0.6 is 8.58 Å². The van der Waals surface area contributed by atoms with Crippen LogP contribution in [0.15, 0.2) is 205 Å². The van der Waals surface area contributed by atoms with Crippen molar-refractivity contribution in [3.8, 4) is 44.9 Å². The lowest BCUT2D eigenvalue weighted by molar-refractivity contribution is 0.738. The zero-order chi connectivity index (χ0) is 40.0. The molecule has 3 nitrogen and oxygen atoms in total. The SMILES string of the molecule is C/C(=N\C(PCc1ccccc1)c1ccccc1)c1ccc2ccccc2c1-c1cccc(-c2nc(-c3ccccc3)c(-c3ccccc3)nc2C2=CCC(C)C=C2)c1. The molecule has 59 heavy (non-hydrogen) atoms. The van der Waals surface area contributed by atoms with Crippen LogP contribution in [-0.4, -0.2) is 15.7 Å². The lowest BCUT2D eigenvalue weighted by atomic mass is 9.89. The summed E-state index contributed by atoms with van der Waals surface area (Å²) in [5.74, 6) is 0.518. The first-order valence-electron chi connectivity index (χ1n) is 20.5. The van der Waals surface area contributed by atoms with Gasteiger partial charge in [0.05, 0.1) is 28.6 Å². The molecule has 286 valence electrons. The van der Waals surface area contributed by atoms with Crippen LogP contribution in [0.25, 0.3) is 61.2 Å². The van der Waals surface area contributed by atoms with Gasteiger partial charge in [0.1, 0.15) is 0 Å². The van der Waals surface area contributed by atoms with E-state index in [1.165, 1.54) is 27.5 Å². The maximum absolute atomic E-state index is 5.60. The maximum Gasteiger partial charge on any atom is 0.0973 e. The summed E-state index contributed by atoms with van der Waals surface area (Å²) in [7, 11) is 0.599. The first kappa shape index (κ1) is 38.0. The Morgan fingerprint density at radius 1 is 0.610 bits per heavy atom. The second kappa shape index (κ2) is 17.5. The Balaban J connectivity index is 1.21. The zero-order valence-corrected chi connectivity index (χ0v) is 34.5. The number of benzene rings is 7. The summed E-state index contributed by atoms with van der Waals surface area (Å²) in [5, 5.41) is 2.39. The average Bonchev–Trinajstić information content (AvgIpc) is 3.31. The van der Waals surface area contributed by atoms with E-state index in [2.05, 4.69) is 214 Å². The molecular weight excluding hydrogens is 734 g/mol. The van der Waals surface area contributed by atoms with E-state index in [4.69, 9.17) is 15.0 Å². The second-order valence-corrected chi connectivity index (χ2v) is 16.6. The van der Waals surface area contributed by atoms with Crippen molar-refractivity contribution in [1.29, 1.82) is 0 Å². The van der Waals surface area contributed by atoms with Gasteiger partial charge in [0.2, 0.25) is 0 Å². The van der Waals surface area contributed by atoms with E-state index in [-0.39, 0.29) is 5.78 Å². The van der Waals surface area contributed by atoms with Gasteiger partial charge >= 0.3 is 0 Å². The van der Waals surface area contributed by atoms with Crippen LogP contribution in [0.1, 0.15) is 48.4 Å². The summed E-state index contributed by atoms with van der Waals surface area (Å²) < 4.78 is 0. The van der Waals surface area contributed by atoms with Crippen LogP contribution in [0.5, 0.6) is 0 Å². The van der Waals surface area contributed by atoms with Crippen LogP contribution in [0.3, 0.4) is 0 Å². The molecule has 0 bridgehead atoms. The van der Waals surface area contributed by atoms with Crippen LogP contribution in [0, 0.1) is 5.92 Å². The molecular formula is C55H46N3P. The Hall–Kier alpha value is -6.54. The highest BCUT2D eigenvalue weighted by atomic mass is 31.1. The minimum absolute atomic E-state index is 0.0407. The molecule has 0 saturated carbocycles. The number of aromatic nitrogens is 2. The van der Waals surface area contributed by atoms with Gasteiger partial charge < -0.3 is 0 Å². The van der Waals surface area contributed by atoms with Crippen molar-refractivity contribution in [3.63, 3.8) is 0 Å². The van der Waals surface area contributed by atoms with Crippen molar-refractivity contribution in [2.24, 2.45) is 10.9 Å². The molecule has 0 fully saturated rings. The summed E-state index contributed by atoms with van der Waals surface area (Å²) in [6, 6.07) is 64.5. The fraction of sp³-hybridized carbons (Fsp3) is 0.109. The molecule has 0 amide bonds. The van der Waals surface area contributed by atoms with E-state index in [1.807, 2.05) is 0 Å². The van der Waals surface area contributed by atoms with E-state index >= 15 is 0 Å². The predicted molar refractivity (Wildman–Crippen MR) is 252 cm³/mol. The molecule has 3 atom stereocenters. The van der Waals surface area contributed by atoms with Crippen LogP contribution in [0.2, 0.25) is 0 Å². The Morgan fingerprint density at radius 3 is 1.86 bits per heavy atom. The van der Waals surface area contributed by atoms with Crippen molar-refractivity contribution in [2.75, 3.05) is 0 Å². The van der Waals surface area contributed by atoms with Gasteiger partial charge in [-0.3, -0.25) is 4.99 Å². The van der Waals surface area contributed by atoms with E-state index in [9.17, 15) is 0 Å². The number of hydrogen-bond donors (Lipinski definition) is 0. The van der Waals surface area contributed by atoms with Crippen LogP contribution in [-0.2, 0) is 6.16 Å². The topological polar surface area (TPSA) is 38.1 Å². The van der Waals surface area contributed by atoms with Crippen molar-refractivity contribution < 1.29 is 0 Å². The molecule has 9 rings (SSSR count). The van der Waals surface area contributed by atoms with E-state index in [1.54, 1.807) is 0 Å². The Bertz CT molecular complexity index is 2810. The highest BCUT2D eigenvalue weighted by molar-refractivity contribution is 7.37. The number of aliphatic imine (C=N–C) groups is 1. The van der Waals surface area contributed by atoms with Gasteiger partial charge in [-0.2, -0.15) is 0 Å². The Kier molecular flexibility index (Phi) is 11.3. The highest BCUT2D eigenvalue weighted by Crippen LogP contribution is 2.42. The number of rotatable bonds is 11. The fourth-order valence-electron chi connectivity index (χ4n) is 7.99. The summed E-state index contributed by atoms with van der Waals surface area (Å²) in [6.07, 6.45) is 8.78. The quantitative estimate of drug-likeness (QED) is 0.0969. The minimum Gasteiger partial charge on any atom is -0.277 e. The molecule has 1 aromatic heterocycles. The van der Waals surface area contributed by atoms with Gasteiger partial charge in [-0.1, -0.05) is 210 Å². The van der Waals surface area contributed by atoms with E-state index in [0.717, 1.165) is 74.5 Å². The summed E-state index contributed by atoms with van der Waals surface area (Å²) in [6.45, 7) is 4.44. The van der Waals surface area contributed by atoms with Gasteiger partial charge in [-0.05, 0) is 70.1 Å². The lowest BCUT2D eigenvalue weighted by Crippen LogP contribution is -2.05. The predicted octanol–water partition coefficient (Wildman–Crippen LogP) is 14.7. The normalized spacial score (nSPS) is 14.8.